The summed E-state index contributed by atoms with van der Waals surface area (Å²) in [6.45, 7) is 1.58. The van der Waals surface area contributed by atoms with E-state index in [0.717, 1.165) is 5.75 Å². The predicted octanol–water partition coefficient (Wildman–Crippen LogP) is -1.65. The lowest BCUT2D eigenvalue weighted by molar-refractivity contribution is -0.861. The van der Waals surface area contributed by atoms with Gasteiger partial charge in [0.05, 0.1) is 21.1 Å². The smallest absolute Gasteiger partial charge is 0.217 e. The minimum absolute atomic E-state index is 0. The maximum atomic E-state index is 12.0. The van der Waals surface area contributed by atoms with Crippen molar-refractivity contribution in [3.63, 3.8) is 0 Å². The molecule has 0 bridgehead atoms. The molecule has 4 nitrogen and oxygen atoms in total. The van der Waals surface area contributed by atoms with E-state index in [0.29, 0.717) is 35.6 Å². The number of ketones is 1. The lowest BCUT2D eigenvalue weighted by Gasteiger charge is -2.23. The molecule has 0 saturated heterocycles. The maximum Gasteiger partial charge on any atom is 0.217 e. The standard InChI is InChI=1S/C13H18NO3.ClH/c1-14(2,3)9-11(15)10-4-5-12-13(8-10)17-7-6-16-12;/h4-5,8H,6-7,9H2,1-3H3;1H/q+1;/p-1. The van der Waals surface area contributed by atoms with E-state index >= 15 is 0 Å². The molecule has 0 aromatic heterocycles. The highest BCUT2D eigenvalue weighted by Gasteiger charge is 2.19. The first-order chi connectivity index (χ1) is 7.96. The average molecular weight is 272 g/mol. The lowest BCUT2D eigenvalue weighted by atomic mass is 10.1. The second kappa shape index (κ2) is 5.59. The van der Waals surface area contributed by atoms with Crippen molar-refractivity contribution in [3.05, 3.63) is 23.8 Å². The van der Waals surface area contributed by atoms with Crippen LogP contribution in [-0.2, 0) is 0 Å². The van der Waals surface area contributed by atoms with Gasteiger partial charge in [-0.1, -0.05) is 0 Å². The molecule has 0 radical (unpaired) electrons. The van der Waals surface area contributed by atoms with Crippen LogP contribution in [0.3, 0.4) is 0 Å². The topological polar surface area (TPSA) is 35.5 Å². The van der Waals surface area contributed by atoms with Crippen LogP contribution in [0, 0.1) is 0 Å². The molecule has 0 fully saturated rings. The van der Waals surface area contributed by atoms with Crippen LogP contribution < -0.4 is 21.9 Å². The molecule has 18 heavy (non-hydrogen) atoms. The lowest BCUT2D eigenvalue weighted by Crippen LogP contribution is -3.00. The third kappa shape index (κ3) is 3.62. The maximum absolute atomic E-state index is 12.0. The van der Waals surface area contributed by atoms with Gasteiger partial charge in [0.15, 0.2) is 11.5 Å². The van der Waals surface area contributed by atoms with E-state index in [9.17, 15) is 4.79 Å². The molecule has 100 valence electrons. The first-order valence-corrected chi connectivity index (χ1v) is 5.69. The fourth-order valence-corrected chi connectivity index (χ4v) is 1.74. The van der Waals surface area contributed by atoms with Gasteiger partial charge in [0.1, 0.15) is 19.8 Å². The van der Waals surface area contributed by atoms with Gasteiger partial charge in [0, 0.05) is 5.56 Å². The minimum Gasteiger partial charge on any atom is -1.00 e. The van der Waals surface area contributed by atoms with Crippen molar-refractivity contribution in [2.45, 2.75) is 0 Å². The van der Waals surface area contributed by atoms with Crippen LogP contribution in [0.5, 0.6) is 11.5 Å². The Balaban J connectivity index is 0.00000162. The van der Waals surface area contributed by atoms with E-state index in [-0.39, 0.29) is 18.2 Å². The fourth-order valence-electron chi connectivity index (χ4n) is 1.74. The molecule has 0 atom stereocenters. The van der Waals surface area contributed by atoms with E-state index in [1.165, 1.54) is 0 Å². The van der Waals surface area contributed by atoms with Gasteiger partial charge in [-0.15, -0.1) is 0 Å². The summed E-state index contributed by atoms with van der Waals surface area (Å²) in [7, 11) is 5.99. The van der Waals surface area contributed by atoms with Crippen molar-refractivity contribution >= 4 is 5.78 Å². The number of carbonyl (C=O) groups excluding carboxylic acids is 1. The summed E-state index contributed by atoms with van der Waals surface area (Å²) in [6.07, 6.45) is 0. The van der Waals surface area contributed by atoms with Crippen LogP contribution in [0.2, 0.25) is 0 Å². The molecule has 1 aliphatic heterocycles. The van der Waals surface area contributed by atoms with Crippen molar-refractivity contribution < 1.29 is 31.2 Å². The molecule has 1 aromatic rings. The van der Waals surface area contributed by atoms with E-state index in [1.807, 2.05) is 21.1 Å². The van der Waals surface area contributed by atoms with Gasteiger partial charge in [-0.2, -0.15) is 0 Å². The number of hydrogen-bond acceptors (Lipinski definition) is 3. The molecule has 0 aliphatic carbocycles. The zero-order valence-electron chi connectivity index (χ0n) is 10.9. The second-order valence-corrected chi connectivity index (χ2v) is 5.23. The van der Waals surface area contributed by atoms with Crippen molar-refractivity contribution in [1.82, 2.24) is 0 Å². The van der Waals surface area contributed by atoms with Crippen molar-refractivity contribution in [1.29, 1.82) is 0 Å². The molecular weight excluding hydrogens is 254 g/mol. The molecule has 1 aliphatic rings. The number of carbonyl (C=O) groups is 1. The van der Waals surface area contributed by atoms with Crippen LogP contribution in [0.25, 0.3) is 0 Å². The zero-order valence-corrected chi connectivity index (χ0v) is 11.7. The Morgan fingerprint density at radius 2 is 1.78 bits per heavy atom. The highest BCUT2D eigenvalue weighted by molar-refractivity contribution is 5.97. The highest BCUT2D eigenvalue weighted by atomic mass is 35.5. The third-order valence-electron chi connectivity index (χ3n) is 2.48. The highest BCUT2D eigenvalue weighted by Crippen LogP contribution is 2.30. The number of fused-ring (bicyclic) bond motifs is 1. The molecule has 0 N–H and O–H groups in total. The number of hydrogen-bond donors (Lipinski definition) is 0. The summed E-state index contributed by atoms with van der Waals surface area (Å²) >= 11 is 0. The molecule has 5 heteroatoms. The summed E-state index contributed by atoms with van der Waals surface area (Å²) in [5, 5.41) is 0. The number of ether oxygens (including phenoxy) is 2. The number of rotatable bonds is 3. The summed E-state index contributed by atoms with van der Waals surface area (Å²) in [4.78, 5) is 12.0. The quantitative estimate of drug-likeness (QED) is 0.488. The average Bonchev–Trinajstić information content (AvgIpc) is 2.26. The Morgan fingerprint density at radius 1 is 1.17 bits per heavy atom. The first-order valence-electron chi connectivity index (χ1n) is 5.69. The largest absolute Gasteiger partial charge is 1.00 e. The Kier molecular flexibility index (Phi) is 4.59. The molecule has 0 unspecified atom stereocenters. The number of nitrogens with zero attached hydrogens (tertiary/aromatic N) is 1. The van der Waals surface area contributed by atoms with E-state index in [1.54, 1.807) is 18.2 Å². The van der Waals surface area contributed by atoms with Gasteiger partial charge in [-0.05, 0) is 18.2 Å². The molecule has 1 heterocycles. The third-order valence-corrected chi connectivity index (χ3v) is 2.48. The van der Waals surface area contributed by atoms with Crippen LogP contribution in [0.1, 0.15) is 10.4 Å². The Morgan fingerprint density at radius 3 is 2.39 bits per heavy atom. The molecule has 0 amide bonds. The summed E-state index contributed by atoms with van der Waals surface area (Å²) in [5.74, 6) is 1.51. The summed E-state index contributed by atoms with van der Waals surface area (Å²) in [5.41, 5.74) is 0.683. The van der Waals surface area contributed by atoms with Gasteiger partial charge in [-0.3, -0.25) is 4.79 Å². The van der Waals surface area contributed by atoms with Gasteiger partial charge >= 0.3 is 0 Å². The Bertz CT molecular complexity index is 440. The van der Waals surface area contributed by atoms with Crippen molar-refractivity contribution in [2.24, 2.45) is 0 Å². The number of Topliss-reactive ketones (excluding diaryl/α,β-unsaturated/α-hetero) is 1. The Labute approximate surface area is 113 Å². The SMILES string of the molecule is C[N+](C)(C)CC(=O)c1ccc2c(c1)OCCO2.[Cl-]. The van der Waals surface area contributed by atoms with Crippen LogP contribution in [0.15, 0.2) is 18.2 Å². The number of benzene rings is 1. The number of likely N-dealkylation sites (N-methyl/N-ethyl adjacent to an activating group) is 1. The van der Waals surface area contributed by atoms with Crippen molar-refractivity contribution in [2.75, 3.05) is 40.9 Å². The molecule has 0 spiro atoms. The van der Waals surface area contributed by atoms with Gasteiger partial charge in [0.2, 0.25) is 5.78 Å². The summed E-state index contributed by atoms with van der Waals surface area (Å²) < 4.78 is 11.5. The second-order valence-electron chi connectivity index (χ2n) is 5.23. The van der Waals surface area contributed by atoms with Crippen LogP contribution in [-0.4, -0.2) is 51.2 Å². The van der Waals surface area contributed by atoms with E-state index in [2.05, 4.69) is 0 Å². The van der Waals surface area contributed by atoms with Gasteiger partial charge < -0.3 is 26.4 Å². The monoisotopic (exact) mass is 271 g/mol. The Hall–Kier alpha value is -1.26. The number of halogens is 1. The van der Waals surface area contributed by atoms with E-state index in [4.69, 9.17) is 9.47 Å². The molecule has 0 saturated carbocycles. The zero-order chi connectivity index (χ0) is 12.5. The first kappa shape index (κ1) is 14.8. The van der Waals surface area contributed by atoms with Gasteiger partial charge in [0.25, 0.3) is 0 Å². The predicted molar refractivity (Wildman–Crippen MR) is 64.7 cm³/mol. The number of quaternary nitrogens is 1. The van der Waals surface area contributed by atoms with Crippen LogP contribution >= 0.6 is 0 Å². The van der Waals surface area contributed by atoms with E-state index < -0.39 is 0 Å². The van der Waals surface area contributed by atoms with Crippen LogP contribution in [0.4, 0.5) is 0 Å². The molecule has 2 rings (SSSR count). The normalized spacial score (nSPS) is 13.7. The minimum atomic E-state index is 0. The van der Waals surface area contributed by atoms with Crippen molar-refractivity contribution in [3.8, 4) is 11.5 Å². The van der Waals surface area contributed by atoms with Gasteiger partial charge in [-0.25, -0.2) is 0 Å². The molecule has 1 aromatic carbocycles. The fraction of sp³-hybridized carbons (Fsp3) is 0.462. The molecular formula is C13H18ClNO3. The summed E-state index contributed by atoms with van der Waals surface area (Å²) in [6, 6.07) is 5.37.